The van der Waals surface area contributed by atoms with E-state index in [4.69, 9.17) is 0 Å². The third-order valence-corrected chi connectivity index (χ3v) is 5.17. The van der Waals surface area contributed by atoms with E-state index >= 15 is 0 Å². The van der Waals surface area contributed by atoms with Crippen molar-refractivity contribution in [2.45, 2.75) is 37.8 Å². The van der Waals surface area contributed by atoms with Crippen molar-refractivity contribution in [1.29, 1.82) is 0 Å². The first-order valence-electron chi connectivity index (χ1n) is 7.98. The Morgan fingerprint density at radius 1 is 1.00 bits per heavy atom. The molecule has 3 aromatic rings. The standard InChI is InChI=1S/C19H19NO/c21-19(9-10-19)14-7-8-18-16(11-14)15-3-1-2-4-17(15)20(18)12-13-5-6-13/h1-4,7-8,11,13,21H,5-6,9-10,12H2. The Morgan fingerprint density at radius 2 is 1.76 bits per heavy atom. The summed E-state index contributed by atoms with van der Waals surface area (Å²) >= 11 is 0. The summed E-state index contributed by atoms with van der Waals surface area (Å²) in [6.45, 7) is 1.13. The first kappa shape index (κ1) is 11.8. The molecule has 0 unspecified atom stereocenters. The molecule has 2 nitrogen and oxygen atoms in total. The zero-order valence-corrected chi connectivity index (χ0v) is 12.0. The van der Waals surface area contributed by atoms with Crippen LogP contribution in [0, 0.1) is 5.92 Å². The molecule has 21 heavy (non-hydrogen) atoms. The summed E-state index contributed by atoms with van der Waals surface area (Å²) in [5.41, 5.74) is 3.19. The van der Waals surface area contributed by atoms with Crippen molar-refractivity contribution in [3.8, 4) is 0 Å². The van der Waals surface area contributed by atoms with E-state index in [9.17, 15) is 5.11 Å². The van der Waals surface area contributed by atoms with Crippen LogP contribution in [0.2, 0.25) is 0 Å². The summed E-state index contributed by atoms with van der Waals surface area (Å²) in [6, 6.07) is 15.2. The molecule has 0 atom stereocenters. The minimum Gasteiger partial charge on any atom is -0.385 e. The second kappa shape index (κ2) is 3.89. The highest BCUT2D eigenvalue weighted by Crippen LogP contribution is 2.46. The van der Waals surface area contributed by atoms with Crippen molar-refractivity contribution in [3.63, 3.8) is 0 Å². The van der Waals surface area contributed by atoms with Crippen LogP contribution in [0.5, 0.6) is 0 Å². The molecule has 1 heterocycles. The Balaban J connectivity index is 1.80. The number of benzene rings is 2. The van der Waals surface area contributed by atoms with Crippen LogP contribution in [0.25, 0.3) is 21.8 Å². The second-order valence-corrected chi connectivity index (χ2v) is 6.83. The molecule has 2 fully saturated rings. The number of rotatable bonds is 3. The number of nitrogens with zero attached hydrogens (tertiary/aromatic N) is 1. The highest BCUT2D eigenvalue weighted by Gasteiger charge is 2.42. The van der Waals surface area contributed by atoms with Gasteiger partial charge in [0.25, 0.3) is 0 Å². The van der Waals surface area contributed by atoms with Gasteiger partial charge in [0.2, 0.25) is 0 Å². The monoisotopic (exact) mass is 277 g/mol. The number of hydrogen-bond donors (Lipinski definition) is 1. The van der Waals surface area contributed by atoms with Gasteiger partial charge in [-0.3, -0.25) is 0 Å². The van der Waals surface area contributed by atoms with Crippen molar-refractivity contribution in [3.05, 3.63) is 48.0 Å². The van der Waals surface area contributed by atoms with Crippen LogP contribution >= 0.6 is 0 Å². The van der Waals surface area contributed by atoms with Crippen LogP contribution in [0.15, 0.2) is 42.5 Å². The first-order valence-corrected chi connectivity index (χ1v) is 7.98. The Bertz CT molecular complexity index is 853. The van der Waals surface area contributed by atoms with E-state index in [1.165, 1.54) is 34.6 Å². The summed E-state index contributed by atoms with van der Waals surface area (Å²) in [4.78, 5) is 0. The lowest BCUT2D eigenvalue weighted by Gasteiger charge is -2.09. The lowest BCUT2D eigenvalue weighted by Crippen LogP contribution is -2.04. The molecule has 2 heteroatoms. The van der Waals surface area contributed by atoms with Gasteiger partial charge < -0.3 is 9.67 Å². The molecular weight excluding hydrogens is 258 g/mol. The zero-order chi connectivity index (χ0) is 14.0. The average molecular weight is 277 g/mol. The Hall–Kier alpha value is -1.80. The molecule has 106 valence electrons. The fraction of sp³-hybridized carbons (Fsp3) is 0.368. The minimum absolute atomic E-state index is 0.548. The summed E-state index contributed by atoms with van der Waals surface area (Å²) in [7, 11) is 0. The molecule has 0 amide bonds. The molecule has 2 saturated carbocycles. The number of aromatic nitrogens is 1. The number of hydrogen-bond acceptors (Lipinski definition) is 1. The van der Waals surface area contributed by atoms with E-state index in [2.05, 4.69) is 47.0 Å². The van der Waals surface area contributed by atoms with E-state index in [0.717, 1.165) is 30.9 Å². The second-order valence-electron chi connectivity index (χ2n) is 6.83. The lowest BCUT2D eigenvalue weighted by atomic mass is 10.0. The molecule has 0 bridgehead atoms. The average Bonchev–Trinajstić information content (AvgIpc) is 3.42. The van der Waals surface area contributed by atoms with Gasteiger partial charge in [-0.15, -0.1) is 0 Å². The van der Waals surface area contributed by atoms with Gasteiger partial charge in [-0.05, 0) is 55.4 Å². The summed E-state index contributed by atoms with van der Waals surface area (Å²) in [5.74, 6) is 0.858. The maximum Gasteiger partial charge on any atom is 0.0899 e. The molecule has 1 aromatic heterocycles. The number of para-hydroxylation sites is 1. The first-order chi connectivity index (χ1) is 10.2. The molecule has 0 spiro atoms. The van der Waals surface area contributed by atoms with Crippen LogP contribution in [0.1, 0.15) is 31.2 Å². The van der Waals surface area contributed by atoms with Crippen molar-refractivity contribution < 1.29 is 5.11 Å². The highest BCUT2D eigenvalue weighted by atomic mass is 16.3. The third-order valence-electron chi connectivity index (χ3n) is 5.17. The number of aliphatic hydroxyl groups is 1. The van der Waals surface area contributed by atoms with Gasteiger partial charge in [0.1, 0.15) is 0 Å². The van der Waals surface area contributed by atoms with Gasteiger partial charge in [0, 0.05) is 28.4 Å². The topological polar surface area (TPSA) is 25.2 Å². The van der Waals surface area contributed by atoms with Crippen molar-refractivity contribution >= 4 is 21.8 Å². The van der Waals surface area contributed by atoms with E-state index < -0.39 is 5.60 Å². The predicted octanol–water partition coefficient (Wildman–Crippen LogP) is 4.19. The van der Waals surface area contributed by atoms with Crippen LogP contribution in [-0.2, 0) is 12.1 Å². The summed E-state index contributed by atoms with van der Waals surface area (Å²) in [6.07, 6.45) is 4.54. The molecule has 2 aromatic carbocycles. The predicted molar refractivity (Wildman–Crippen MR) is 85.3 cm³/mol. The van der Waals surface area contributed by atoms with Crippen LogP contribution in [0.4, 0.5) is 0 Å². The van der Waals surface area contributed by atoms with Crippen LogP contribution in [0.3, 0.4) is 0 Å². The SMILES string of the molecule is OC1(c2ccc3c(c2)c2ccccc2n3CC2CC2)CC1. The van der Waals surface area contributed by atoms with Crippen molar-refractivity contribution in [1.82, 2.24) is 4.57 Å². The smallest absolute Gasteiger partial charge is 0.0899 e. The molecule has 0 aliphatic heterocycles. The molecular formula is C19H19NO. The molecule has 0 radical (unpaired) electrons. The Morgan fingerprint density at radius 3 is 2.52 bits per heavy atom. The quantitative estimate of drug-likeness (QED) is 0.763. The van der Waals surface area contributed by atoms with Gasteiger partial charge in [0.05, 0.1) is 5.60 Å². The van der Waals surface area contributed by atoms with Gasteiger partial charge in [0.15, 0.2) is 0 Å². The molecule has 1 N–H and O–H groups in total. The van der Waals surface area contributed by atoms with Crippen LogP contribution in [-0.4, -0.2) is 9.67 Å². The third kappa shape index (κ3) is 1.75. The molecule has 0 saturated heterocycles. The summed E-state index contributed by atoms with van der Waals surface area (Å²) < 4.78 is 2.48. The zero-order valence-electron chi connectivity index (χ0n) is 12.0. The molecule has 5 rings (SSSR count). The maximum absolute atomic E-state index is 10.4. The van der Waals surface area contributed by atoms with Gasteiger partial charge >= 0.3 is 0 Å². The van der Waals surface area contributed by atoms with Gasteiger partial charge in [-0.2, -0.15) is 0 Å². The lowest BCUT2D eigenvalue weighted by molar-refractivity contribution is 0.151. The largest absolute Gasteiger partial charge is 0.385 e. The minimum atomic E-state index is -0.548. The van der Waals surface area contributed by atoms with E-state index in [1.807, 2.05) is 0 Å². The van der Waals surface area contributed by atoms with E-state index in [0.29, 0.717) is 0 Å². The fourth-order valence-electron chi connectivity index (χ4n) is 3.51. The maximum atomic E-state index is 10.4. The van der Waals surface area contributed by atoms with E-state index in [1.54, 1.807) is 0 Å². The Labute approximate surface area is 124 Å². The fourth-order valence-corrected chi connectivity index (χ4v) is 3.51. The molecule has 2 aliphatic rings. The number of fused-ring (bicyclic) bond motifs is 3. The van der Waals surface area contributed by atoms with Gasteiger partial charge in [-0.1, -0.05) is 24.3 Å². The summed E-state index contributed by atoms with van der Waals surface area (Å²) in [5, 5.41) is 13.0. The molecule has 2 aliphatic carbocycles. The van der Waals surface area contributed by atoms with Crippen molar-refractivity contribution in [2.75, 3.05) is 0 Å². The highest BCUT2D eigenvalue weighted by molar-refractivity contribution is 6.08. The normalized spacial score (nSPS) is 20.2. The van der Waals surface area contributed by atoms with E-state index in [-0.39, 0.29) is 0 Å². The van der Waals surface area contributed by atoms with Crippen LogP contribution < -0.4 is 0 Å². The van der Waals surface area contributed by atoms with Gasteiger partial charge in [-0.25, -0.2) is 0 Å². The van der Waals surface area contributed by atoms with Crippen molar-refractivity contribution in [2.24, 2.45) is 5.92 Å². The Kier molecular flexibility index (Phi) is 2.19.